The van der Waals surface area contributed by atoms with Crippen LogP contribution in [0, 0.1) is 11.8 Å². The average molecular weight is 456 g/mol. The molecule has 3 rings (SSSR count). The largest absolute Gasteiger partial charge is 0.539 e. The molecule has 0 heterocycles. The molecule has 3 aromatic carbocycles. The lowest BCUT2D eigenvalue weighted by Crippen LogP contribution is -3.13. The van der Waals surface area contributed by atoms with E-state index in [9.17, 15) is 0 Å². The Morgan fingerprint density at radius 2 is 1.32 bits per heavy atom. The molecule has 0 saturated carbocycles. The minimum absolute atomic E-state index is 0.529. The molecular formula is C29H29NO4. The number of carboxylic acids is 2. The van der Waals surface area contributed by atoms with Crippen molar-refractivity contribution in [2.75, 3.05) is 6.54 Å². The van der Waals surface area contributed by atoms with E-state index in [2.05, 4.69) is 111 Å². The molecule has 0 bridgehead atoms. The second-order valence-corrected chi connectivity index (χ2v) is 7.86. The molecule has 0 aliphatic carbocycles. The van der Waals surface area contributed by atoms with Gasteiger partial charge < -0.3 is 19.9 Å². The Kier molecular flexibility index (Phi) is 10.8. The number of hydrogen-bond donors (Lipinski definition) is 2. The van der Waals surface area contributed by atoms with Gasteiger partial charge in [-0.05, 0) is 42.5 Å². The molecule has 1 atom stereocenters. The lowest BCUT2D eigenvalue weighted by Gasteiger charge is -2.21. The van der Waals surface area contributed by atoms with Gasteiger partial charge in [-0.25, -0.2) is 4.79 Å². The van der Waals surface area contributed by atoms with Gasteiger partial charge in [0.2, 0.25) is 0 Å². The highest BCUT2D eigenvalue weighted by atomic mass is 16.4. The predicted molar refractivity (Wildman–Crippen MR) is 131 cm³/mol. The van der Waals surface area contributed by atoms with Crippen molar-refractivity contribution in [3.8, 4) is 11.8 Å². The third kappa shape index (κ3) is 9.15. The number of benzene rings is 3. The van der Waals surface area contributed by atoms with Crippen molar-refractivity contribution in [1.29, 1.82) is 0 Å². The highest BCUT2D eigenvalue weighted by Gasteiger charge is 2.12. The summed E-state index contributed by atoms with van der Waals surface area (Å²) in [5, 5.41) is 16.3. The van der Waals surface area contributed by atoms with Crippen LogP contribution in [0.3, 0.4) is 0 Å². The number of aliphatic carboxylic acids is 2. The highest BCUT2D eigenvalue weighted by Crippen LogP contribution is 2.22. The second-order valence-electron chi connectivity index (χ2n) is 7.86. The molecular weight excluding hydrogens is 426 g/mol. The van der Waals surface area contributed by atoms with Gasteiger partial charge in [-0.2, -0.15) is 0 Å². The molecule has 0 saturated heterocycles. The van der Waals surface area contributed by atoms with E-state index in [1.54, 1.807) is 0 Å². The van der Waals surface area contributed by atoms with E-state index >= 15 is 0 Å². The van der Waals surface area contributed by atoms with Crippen molar-refractivity contribution in [2.24, 2.45) is 0 Å². The summed E-state index contributed by atoms with van der Waals surface area (Å²) in [4.78, 5) is 19.5. The van der Waals surface area contributed by atoms with Crippen molar-refractivity contribution < 1.29 is 24.7 Å². The third-order valence-electron chi connectivity index (χ3n) is 5.07. The Morgan fingerprint density at radius 3 is 1.74 bits per heavy atom. The number of quaternary nitrogens is 1. The predicted octanol–water partition coefficient (Wildman–Crippen LogP) is 2.44. The number of allylic oxidation sites excluding steroid dienone is 1. The maximum Gasteiger partial charge on any atom is 0.351 e. The zero-order chi connectivity index (χ0) is 24.8. The van der Waals surface area contributed by atoms with E-state index in [-0.39, 0.29) is 0 Å². The summed E-state index contributed by atoms with van der Waals surface area (Å²) in [5.74, 6) is 2.71. The normalized spacial score (nSPS) is 10.7. The molecule has 0 aliphatic rings. The first-order valence-corrected chi connectivity index (χ1v) is 11.0. The van der Waals surface area contributed by atoms with Gasteiger partial charge in [0, 0.05) is 5.56 Å². The van der Waals surface area contributed by atoms with Gasteiger partial charge >= 0.3 is 5.97 Å². The van der Waals surface area contributed by atoms with Gasteiger partial charge in [-0.1, -0.05) is 96.9 Å². The summed E-state index contributed by atoms with van der Waals surface area (Å²) in [6, 6.07) is 32.1. The summed E-state index contributed by atoms with van der Waals surface area (Å²) in [6.45, 7) is 6.35. The number of rotatable bonds is 6. The monoisotopic (exact) mass is 455 g/mol. The average Bonchev–Trinajstić information content (AvgIpc) is 2.85. The highest BCUT2D eigenvalue weighted by molar-refractivity contribution is 6.26. The lowest BCUT2D eigenvalue weighted by molar-refractivity contribution is -0.928. The van der Waals surface area contributed by atoms with Crippen molar-refractivity contribution in [3.63, 3.8) is 0 Å². The van der Waals surface area contributed by atoms with E-state index in [4.69, 9.17) is 19.8 Å². The van der Waals surface area contributed by atoms with Gasteiger partial charge in [0.25, 0.3) is 0 Å². The molecule has 174 valence electrons. The topological polar surface area (TPSA) is 81.9 Å². The minimum Gasteiger partial charge on any atom is -0.539 e. The van der Waals surface area contributed by atoms with Crippen LogP contribution in [0.1, 0.15) is 30.5 Å². The molecule has 0 spiro atoms. The van der Waals surface area contributed by atoms with Crippen molar-refractivity contribution in [2.45, 2.75) is 26.4 Å². The van der Waals surface area contributed by atoms with Crippen LogP contribution in [0.2, 0.25) is 0 Å². The summed E-state index contributed by atoms with van der Waals surface area (Å²) in [6.07, 6.45) is 2.06. The molecule has 3 aromatic rings. The third-order valence-corrected chi connectivity index (χ3v) is 5.07. The van der Waals surface area contributed by atoms with Crippen LogP contribution in [0.4, 0.5) is 0 Å². The minimum atomic E-state index is -2.07. The van der Waals surface area contributed by atoms with Gasteiger partial charge in [0.15, 0.2) is 5.97 Å². The summed E-state index contributed by atoms with van der Waals surface area (Å²) >= 11 is 0. The molecule has 0 aromatic heterocycles. The number of carboxylic acid groups (broad SMARTS) is 2. The first-order chi connectivity index (χ1) is 16.4. The first kappa shape index (κ1) is 26.1. The van der Waals surface area contributed by atoms with Gasteiger partial charge in [0.05, 0.1) is 6.04 Å². The fraction of sp³-hybridized carbons (Fsp3) is 0.172. The van der Waals surface area contributed by atoms with Crippen LogP contribution in [-0.2, 0) is 16.1 Å². The number of hydrogen-bond acceptors (Lipinski definition) is 3. The zero-order valence-electron chi connectivity index (χ0n) is 19.4. The van der Waals surface area contributed by atoms with Gasteiger partial charge in [-0.15, -0.1) is 0 Å². The molecule has 1 unspecified atom stereocenters. The van der Waals surface area contributed by atoms with Crippen LogP contribution in [0.25, 0.3) is 5.57 Å². The van der Waals surface area contributed by atoms with Gasteiger partial charge in [0.1, 0.15) is 13.1 Å². The zero-order valence-corrected chi connectivity index (χ0v) is 19.4. The van der Waals surface area contributed by atoms with Crippen LogP contribution in [0.15, 0.2) is 97.1 Å². The van der Waals surface area contributed by atoms with Crippen molar-refractivity contribution in [1.82, 2.24) is 0 Å². The van der Waals surface area contributed by atoms with Crippen LogP contribution in [-0.4, -0.2) is 29.6 Å². The Balaban J connectivity index is 0.000000604. The number of nitrogens with one attached hydrogen (secondary N) is 1. The SMILES string of the molecule is CC(C)[NH+](CC#CC=C(c1ccccc1)c1ccccc1)Cc1ccccc1.O=C([O-])C(=O)O. The Morgan fingerprint density at radius 1 is 0.882 bits per heavy atom. The lowest BCUT2D eigenvalue weighted by atomic mass is 9.98. The molecule has 5 nitrogen and oxygen atoms in total. The fourth-order valence-electron chi connectivity index (χ4n) is 3.19. The molecule has 34 heavy (non-hydrogen) atoms. The molecule has 0 aliphatic heterocycles. The fourth-order valence-corrected chi connectivity index (χ4v) is 3.19. The smallest absolute Gasteiger partial charge is 0.351 e. The maximum absolute atomic E-state index is 9.04. The number of carbonyl (C=O) groups is 2. The molecule has 0 fully saturated rings. The van der Waals surface area contributed by atoms with Crippen LogP contribution < -0.4 is 10.0 Å². The van der Waals surface area contributed by atoms with Gasteiger partial charge in [-0.3, -0.25) is 0 Å². The van der Waals surface area contributed by atoms with E-state index in [0.717, 1.165) is 13.1 Å². The second kappa shape index (κ2) is 14.1. The maximum atomic E-state index is 9.04. The first-order valence-electron chi connectivity index (χ1n) is 11.0. The van der Waals surface area contributed by atoms with E-state index < -0.39 is 11.9 Å². The summed E-state index contributed by atoms with van der Waals surface area (Å²) < 4.78 is 0. The van der Waals surface area contributed by atoms with E-state index in [0.29, 0.717) is 6.04 Å². The quantitative estimate of drug-likeness (QED) is 0.442. The molecule has 5 heteroatoms. The molecule has 0 amide bonds. The van der Waals surface area contributed by atoms with Crippen LogP contribution >= 0.6 is 0 Å². The van der Waals surface area contributed by atoms with Crippen molar-refractivity contribution >= 4 is 17.5 Å². The molecule has 2 N–H and O–H groups in total. The van der Waals surface area contributed by atoms with E-state index in [1.807, 2.05) is 12.1 Å². The Labute approximate surface area is 201 Å². The summed E-state index contributed by atoms with van der Waals surface area (Å²) in [5.41, 5.74) is 4.92. The molecule has 0 radical (unpaired) electrons. The standard InChI is InChI=1S/C27H27N.C2H2O4/c1-23(2)28(22-24-14-6-3-7-15-24)21-13-12-20-27(25-16-8-4-9-17-25)26-18-10-5-11-19-26;3-1(4)2(5)6/h3-11,14-20,23H,21-22H2,1-2H3;(H,3,4)(H,5,6). The van der Waals surface area contributed by atoms with Crippen molar-refractivity contribution in [3.05, 3.63) is 114 Å². The Bertz CT molecular complexity index is 1070. The van der Waals surface area contributed by atoms with E-state index in [1.165, 1.54) is 27.2 Å². The van der Waals surface area contributed by atoms with Crippen LogP contribution in [0.5, 0.6) is 0 Å². The number of carbonyl (C=O) groups excluding carboxylic acids is 1. The summed E-state index contributed by atoms with van der Waals surface area (Å²) in [7, 11) is 0. The Hall–Kier alpha value is -4.14.